The highest BCUT2D eigenvalue weighted by Crippen LogP contribution is 2.39. The van der Waals surface area contributed by atoms with Crippen molar-refractivity contribution in [1.29, 1.82) is 0 Å². The van der Waals surface area contributed by atoms with Crippen molar-refractivity contribution < 1.29 is 9.59 Å². The van der Waals surface area contributed by atoms with Crippen molar-refractivity contribution in [3.8, 4) is 0 Å². The van der Waals surface area contributed by atoms with Gasteiger partial charge >= 0.3 is 5.69 Å². The van der Waals surface area contributed by atoms with E-state index in [1.165, 1.54) is 15.9 Å². The molecule has 7 heteroatoms. The number of anilines is 2. The number of aryl methyl sites for hydroxylation is 2. The molecule has 1 saturated heterocycles. The van der Waals surface area contributed by atoms with E-state index in [2.05, 4.69) is 9.88 Å². The smallest absolute Gasteiger partial charge is 0.326 e. The van der Waals surface area contributed by atoms with Gasteiger partial charge in [-0.3, -0.25) is 14.2 Å². The monoisotopic (exact) mass is 440 g/mol. The molecular weight excluding hydrogens is 416 g/mol. The van der Waals surface area contributed by atoms with E-state index in [0.717, 1.165) is 48.0 Å². The Kier molecular flexibility index (Phi) is 4.24. The van der Waals surface area contributed by atoms with Crippen LogP contribution in [0, 0.1) is 6.92 Å². The van der Waals surface area contributed by atoms with Crippen LogP contribution in [0.3, 0.4) is 0 Å². The van der Waals surface area contributed by atoms with Gasteiger partial charge in [0, 0.05) is 47.7 Å². The summed E-state index contributed by atoms with van der Waals surface area (Å²) < 4.78 is 1.48. The fourth-order valence-electron chi connectivity index (χ4n) is 5.32. The number of rotatable bonds is 2. The molecule has 1 aromatic heterocycles. The predicted octanol–water partition coefficient (Wildman–Crippen LogP) is 4.12. The Morgan fingerprint density at radius 3 is 2.33 bits per heavy atom. The van der Waals surface area contributed by atoms with Crippen LogP contribution in [0.4, 0.5) is 11.4 Å². The molecule has 3 heterocycles. The minimum atomic E-state index is -0.336. The van der Waals surface area contributed by atoms with E-state index >= 15 is 0 Å². The van der Waals surface area contributed by atoms with Crippen molar-refractivity contribution in [1.82, 2.24) is 9.55 Å². The zero-order valence-electron chi connectivity index (χ0n) is 18.6. The number of benzene rings is 3. The van der Waals surface area contributed by atoms with Crippen LogP contribution in [0.1, 0.15) is 45.5 Å². The molecule has 0 aliphatic carbocycles. The average Bonchev–Trinajstić information content (AvgIpc) is 3.10. The Hall–Kier alpha value is -3.87. The van der Waals surface area contributed by atoms with Crippen LogP contribution < -0.4 is 15.5 Å². The molecule has 1 N–H and O–H groups in total. The van der Waals surface area contributed by atoms with Crippen LogP contribution in [-0.2, 0) is 7.05 Å². The number of amides is 2. The Balaban J connectivity index is 1.54. The number of piperidine rings is 1. The maximum absolute atomic E-state index is 13.7. The standard InChI is InChI=1S/C26H24N4O3/c1-15-13-19-22(28(2)26(33)27-19)14-21(15)30-24(31)17-8-6-7-16-20(29-11-4-3-5-12-29)10-9-18(23(16)17)25(30)32/h6-10,13-14H,3-5,11-12H2,1-2H3,(H,27,33). The molecule has 0 atom stereocenters. The number of imide groups is 1. The number of aromatic nitrogens is 2. The molecule has 2 aliphatic heterocycles. The molecule has 166 valence electrons. The lowest BCUT2D eigenvalue weighted by molar-refractivity contribution is 0.0893. The summed E-state index contributed by atoms with van der Waals surface area (Å²) in [4.78, 5) is 45.9. The van der Waals surface area contributed by atoms with E-state index in [1.807, 2.05) is 37.3 Å². The van der Waals surface area contributed by atoms with Gasteiger partial charge in [-0.1, -0.05) is 12.1 Å². The van der Waals surface area contributed by atoms with Crippen molar-refractivity contribution in [2.45, 2.75) is 26.2 Å². The van der Waals surface area contributed by atoms with Crippen molar-refractivity contribution in [3.05, 3.63) is 69.6 Å². The van der Waals surface area contributed by atoms with Crippen LogP contribution in [0.25, 0.3) is 21.8 Å². The summed E-state index contributed by atoms with van der Waals surface area (Å²) in [6, 6.07) is 13.1. The van der Waals surface area contributed by atoms with Crippen molar-refractivity contribution in [2.75, 3.05) is 22.9 Å². The number of imidazole rings is 1. The molecule has 0 saturated carbocycles. The van der Waals surface area contributed by atoms with Crippen molar-refractivity contribution >= 4 is 45.0 Å². The zero-order chi connectivity index (χ0) is 22.9. The Labute approximate surface area is 190 Å². The van der Waals surface area contributed by atoms with Gasteiger partial charge in [0.05, 0.1) is 16.7 Å². The molecule has 7 nitrogen and oxygen atoms in total. The zero-order valence-corrected chi connectivity index (χ0v) is 18.6. The number of aromatic amines is 1. The maximum Gasteiger partial charge on any atom is 0.326 e. The first kappa shape index (κ1) is 19.8. The lowest BCUT2D eigenvalue weighted by Crippen LogP contribution is -2.41. The number of hydrogen-bond acceptors (Lipinski definition) is 4. The molecule has 4 aromatic rings. The van der Waals surface area contributed by atoms with Gasteiger partial charge in [-0.15, -0.1) is 0 Å². The second-order valence-corrected chi connectivity index (χ2v) is 9.00. The van der Waals surface area contributed by atoms with Gasteiger partial charge in [-0.2, -0.15) is 0 Å². The normalized spacial score (nSPS) is 16.3. The highest BCUT2D eigenvalue weighted by Gasteiger charge is 2.36. The lowest BCUT2D eigenvalue weighted by atomic mass is 9.91. The molecule has 0 unspecified atom stereocenters. The first-order chi connectivity index (χ1) is 16.0. The van der Waals surface area contributed by atoms with Gasteiger partial charge in [0.25, 0.3) is 11.8 Å². The molecule has 2 amide bonds. The predicted molar refractivity (Wildman–Crippen MR) is 129 cm³/mol. The summed E-state index contributed by atoms with van der Waals surface area (Å²) in [6.07, 6.45) is 3.54. The van der Waals surface area contributed by atoms with Crippen LogP contribution in [0.2, 0.25) is 0 Å². The van der Waals surface area contributed by atoms with E-state index in [0.29, 0.717) is 27.8 Å². The molecule has 0 radical (unpaired) electrons. The second-order valence-electron chi connectivity index (χ2n) is 9.00. The summed E-state index contributed by atoms with van der Waals surface area (Å²) >= 11 is 0. The highest BCUT2D eigenvalue weighted by molar-refractivity contribution is 6.36. The summed E-state index contributed by atoms with van der Waals surface area (Å²) in [5.74, 6) is -0.672. The summed E-state index contributed by atoms with van der Waals surface area (Å²) in [5.41, 5.74) is 4.47. The highest BCUT2D eigenvalue weighted by atomic mass is 16.2. The molecular formula is C26H24N4O3. The van der Waals surface area contributed by atoms with Gasteiger partial charge in [0.2, 0.25) is 0 Å². The SMILES string of the molecule is Cc1cc2[nH]c(=O)n(C)c2cc1N1C(=O)c2cccc3c(N4CCCCC4)ccc(c23)C1=O. The first-order valence-electron chi connectivity index (χ1n) is 11.3. The Bertz CT molecular complexity index is 1520. The lowest BCUT2D eigenvalue weighted by Gasteiger charge is -2.32. The molecule has 1 fully saturated rings. The third-order valence-corrected chi connectivity index (χ3v) is 7.04. The number of H-pyrrole nitrogens is 1. The minimum Gasteiger partial charge on any atom is -0.371 e. The van der Waals surface area contributed by atoms with Crippen LogP contribution in [0.5, 0.6) is 0 Å². The molecule has 2 aliphatic rings. The number of nitrogens with zero attached hydrogens (tertiary/aromatic N) is 3. The van der Waals surface area contributed by atoms with E-state index in [1.54, 1.807) is 19.2 Å². The Morgan fingerprint density at radius 1 is 0.848 bits per heavy atom. The summed E-state index contributed by atoms with van der Waals surface area (Å²) in [6.45, 7) is 3.82. The quantitative estimate of drug-likeness (QED) is 0.476. The number of fused-ring (bicyclic) bond motifs is 1. The topological polar surface area (TPSA) is 78.4 Å². The van der Waals surface area contributed by atoms with Crippen LogP contribution >= 0.6 is 0 Å². The average molecular weight is 441 g/mol. The fraction of sp³-hybridized carbons (Fsp3) is 0.269. The number of carbonyl (C=O) groups is 2. The maximum atomic E-state index is 13.7. The van der Waals surface area contributed by atoms with E-state index < -0.39 is 0 Å². The van der Waals surface area contributed by atoms with Gasteiger partial charge in [-0.05, 0) is 62.1 Å². The van der Waals surface area contributed by atoms with Gasteiger partial charge in [-0.25, -0.2) is 9.69 Å². The largest absolute Gasteiger partial charge is 0.371 e. The van der Waals surface area contributed by atoms with Crippen LogP contribution in [0.15, 0.2) is 47.3 Å². The number of nitrogens with one attached hydrogen (secondary N) is 1. The number of carbonyl (C=O) groups excluding carboxylic acids is 2. The van der Waals surface area contributed by atoms with Gasteiger partial charge < -0.3 is 9.88 Å². The third kappa shape index (κ3) is 2.78. The molecule has 0 bridgehead atoms. The van der Waals surface area contributed by atoms with E-state index in [-0.39, 0.29) is 17.5 Å². The Morgan fingerprint density at radius 2 is 1.58 bits per heavy atom. The third-order valence-electron chi connectivity index (χ3n) is 7.04. The summed E-state index contributed by atoms with van der Waals surface area (Å²) in [5, 5.41) is 1.69. The molecule has 3 aromatic carbocycles. The van der Waals surface area contributed by atoms with E-state index in [4.69, 9.17) is 0 Å². The second kappa shape index (κ2) is 7.07. The minimum absolute atomic E-state index is 0.238. The van der Waals surface area contributed by atoms with Gasteiger partial charge in [0.15, 0.2) is 0 Å². The summed E-state index contributed by atoms with van der Waals surface area (Å²) in [7, 11) is 1.66. The van der Waals surface area contributed by atoms with E-state index in [9.17, 15) is 14.4 Å². The first-order valence-corrected chi connectivity index (χ1v) is 11.3. The van der Waals surface area contributed by atoms with Crippen molar-refractivity contribution in [2.24, 2.45) is 7.05 Å². The van der Waals surface area contributed by atoms with Gasteiger partial charge in [0.1, 0.15) is 0 Å². The molecule has 0 spiro atoms. The molecule has 6 rings (SSSR count). The van der Waals surface area contributed by atoms with Crippen LogP contribution in [-0.4, -0.2) is 34.5 Å². The fourth-order valence-corrected chi connectivity index (χ4v) is 5.32. The number of hydrogen-bond donors (Lipinski definition) is 1. The van der Waals surface area contributed by atoms with Crippen molar-refractivity contribution in [3.63, 3.8) is 0 Å². The molecule has 33 heavy (non-hydrogen) atoms.